The van der Waals surface area contributed by atoms with Crippen LogP contribution in [0, 0.1) is 6.92 Å². The number of rotatable bonds is 4. The average Bonchev–Trinajstić information content (AvgIpc) is 2.41. The van der Waals surface area contributed by atoms with Gasteiger partial charge in [-0.25, -0.2) is 0 Å². The van der Waals surface area contributed by atoms with Crippen LogP contribution in [0.15, 0.2) is 48.5 Å². The minimum atomic E-state index is -0.552. The third-order valence-electron chi connectivity index (χ3n) is 3.38. The average molecular weight is 255 g/mol. The van der Waals surface area contributed by atoms with Crippen LogP contribution in [0.4, 0.5) is 0 Å². The summed E-state index contributed by atoms with van der Waals surface area (Å²) in [7, 11) is 4.11. The van der Waals surface area contributed by atoms with Crippen LogP contribution in [-0.4, -0.2) is 24.1 Å². The third-order valence-corrected chi connectivity index (χ3v) is 3.38. The van der Waals surface area contributed by atoms with Crippen molar-refractivity contribution < 1.29 is 5.11 Å². The summed E-state index contributed by atoms with van der Waals surface area (Å²) in [5, 5.41) is 10.5. The molecule has 0 saturated carbocycles. The second kappa shape index (κ2) is 6.00. The molecule has 0 heterocycles. The molecule has 0 aliphatic carbocycles. The molecule has 0 aromatic heterocycles. The third kappa shape index (κ3) is 3.22. The molecule has 0 radical (unpaired) electrons. The number of benzene rings is 2. The van der Waals surface area contributed by atoms with Crippen molar-refractivity contribution in [3.8, 4) is 0 Å². The highest BCUT2D eigenvalue weighted by molar-refractivity contribution is 5.39. The molecule has 0 spiro atoms. The van der Waals surface area contributed by atoms with E-state index in [1.807, 2.05) is 42.5 Å². The molecule has 0 fully saturated rings. The van der Waals surface area contributed by atoms with Crippen LogP contribution in [0.1, 0.15) is 28.4 Å². The highest BCUT2D eigenvalue weighted by Crippen LogP contribution is 2.26. The van der Waals surface area contributed by atoms with Crippen molar-refractivity contribution in [3.63, 3.8) is 0 Å². The lowest BCUT2D eigenvalue weighted by atomic mass is 9.94. The van der Waals surface area contributed by atoms with E-state index < -0.39 is 6.10 Å². The van der Waals surface area contributed by atoms with Crippen LogP contribution < -0.4 is 0 Å². The molecule has 1 N–H and O–H groups in total. The quantitative estimate of drug-likeness (QED) is 0.907. The van der Waals surface area contributed by atoms with Gasteiger partial charge >= 0.3 is 0 Å². The van der Waals surface area contributed by atoms with Gasteiger partial charge < -0.3 is 10.0 Å². The van der Waals surface area contributed by atoms with Gasteiger partial charge in [0, 0.05) is 6.54 Å². The van der Waals surface area contributed by atoms with Gasteiger partial charge in [-0.05, 0) is 43.3 Å². The summed E-state index contributed by atoms with van der Waals surface area (Å²) in [6.07, 6.45) is -0.552. The molecule has 2 heteroatoms. The number of hydrogen-bond acceptors (Lipinski definition) is 2. The summed E-state index contributed by atoms with van der Waals surface area (Å²) in [6, 6.07) is 15.9. The van der Waals surface area contributed by atoms with Gasteiger partial charge in [-0.1, -0.05) is 48.5 Å². The minimum Gasteiger partial charge on any atom is -0.384 e. The summed E-state index contributed by atoms with van der Waals surface area (Å²) in [6.45, 7) is 2.97. The maximum Gasteiger partial charge on any atom is 0.104 e. The zero-order chi connectivity index (χ0) is 13.8. The Hall–Kier alpha value is -1.64. The fourth-order valence-corrected chi connectivity index (χ4v) is 2.33. The Bertz CT molecular complexity index is 534. The predicted octanol–water partition coefficient (Wildman–Crippen LogP) is 3.14. The molecule has 100 valence electrons. The van der Waals surface area contributed by atoms with E-state index in [0.717, 1.165) is 17.7 Å². The molecule has 0 amide bonds. The van der Waals surface area contributed by atoms with E-state index in [2.05, 4.69) is 32.0 Å². The smallest absolute Gasteiger partial charge is 0.104 e. The van der Waals surface area contributed by atoms with Crippen LogP contribution in [0.25, 0.3) is 0 Å². The Morgan fingerprint density at radius 3 is 2.32 bits per heavy atom. The monoisotopic (exact) mass is 255 g/mol. The second-order valence-electron chi connectivity index (χ2n) is 5.18. The van der Waals surface area contributed by atoms with E-state index in [1.165, 1.54) is 11.1 Å². The summed E-state index contributed by atoms with van der Waals surface area (Å²) < 4.78 is 0. The zero-order valence-electron chi connectivity index (χ0n) is 11.8. The maximum atomic E-state index is 10.5. The molecule has 0 aliphatic rings. The first-order chi connectivity index (χ1) is 9.09. The molecule has 2 rings (SSSR count). The molecular weight excluding hydrogens is 234 g/mol. The van der Waals surface area contributed by atoms with E-state index in [4.69, 9.17) is 0 Å². The zero-order valence-corrected chi connectivity index (χ0v) is 11.8. The number of aliphatic hydroxyl groups is 1. The fourth-order valence-electron chi connectivity index (χ4n) is 2.33. The van der Waals surface area contributed by atoms with Crippen LogP contribution >= 0.6 is 0 Å². The molecule has 2 aromatic carbocycles. The Balaban J connectivity index is 2.35. The topological polar surface area (TPSA) is 23.5 Å². The number of aliphatic hydroxyl groups excluding tert-OH is 1. The minimum absolute atomic E-state index is 0.552. The van der Waals surface area contributed by atoms with Crippen molar-refractivity contribution >= 4 is 0 Å². The van der Waals surface area contributed by atoms with E-state index in [0.29, 0.717) is 0 Å². The fraction of sp³-hybridized carbons (Fsp3) is 0.294. The first-order valence-corrected chi connectivity index (χ1v) is 6.55. The summed E-state index contributed by atoms with van der Waals surface area (Å²) in [4.78, 5) is 2.14. The van der Waals surface area contributed by atoms with E-state index in [9.17, 15) is 5.11 Å². The first-order valence-electron chi connectivity index (χ1n) is 6.55. The first kappa shape index (κ1) is 13.8. The highest BCUT2D eigenvalue weighted by atomic mass is 16.3. The molecule has 0 bridgehead atoms. The highest BCUT2D eigenvalue weighted by Gasteiger charge is 2.14. The molecule has 0 aliphatic heterocycles. The normalized spacial score (nSPS) is 12.7. The molecule has 2 aromatic rings. The summed E-state index contributed by atoms with van der Waals surface area (Å²) in [5.74, 6) is 0. The van der Waals surface area contributed by atoms with Crippen molar-refractivity contribution in [3.05, 3.63) is 70.8 Å². The van der Waals surface area contributed by atoms with E-state index >= 15 is 0 Å². The van der Waals surface area contributed by atoms with E-state index in [1.54, 1.807) is 0 Å². The SMILES string of the molecule is Cc1c(CN(C)C)cccc1C(O)c1ccccc1. The van der Waals surface area contributed by atoms with Crippen LogP contribution in [-0.2, 0) is 6.54 Å². The standard InChI is InChI=1S/C17H21NO/c1-13-15(12-18(2)3)10-7-11-16(13)17(19)14-8-5-4-6-9-14/h4-11,17,19H,12H2,1-3H3. The van der Waals surface area contributed by atoms with Crippen LogP contribution in [0.3, 0.4) is 0 Å². The van der Waals surface area contributed by atoms with Gasteiger partial charge in [0.15, 0.2) is 0 Å². The van der Waals surface area contributed by atoms with Gasteiger partial charge in [0.2, 0.25) is 0 Å². The van der Waals surface area contributed by atoms with Crippen molar-refractivity contribution in [2.24, 2.45) is 0 Å². The molecular formula is C17H21NO. The predicted molar refractivity (Wildman–Crippen MR) is 79.1 cm³/mol. The Kier molecular flexibility index (Phi) is 4.35. The summed E-state index contributed by atoms with van der Waals surface area (Å²) >= 11 is 0. The summed E-state index contributed by atoms with van der Waals surface area (Å²) in [5.41, 5.74) is 4.36. The van der Waals surface area contributed by atoms with Gasteiger partial charge in [0.1, 0.15) is 6.10 Å². The Morgan fingerprint density at radius 2 is 1.68 bits per heavy atom. The van der Waals surface area contributed by atoms with Crippen molar-refractivity contribution in [1.29, 1.82) is 0 Å². The maximum absolute atomic E-state index is 10.5. The Morgan fingerprint density at radius 1 is 1.00 bits per heavy atom. The largest absolute Gasteiger partial charge is 0.384 e. The van der Waals surface area contributed by atoms with Gasteiger partial charge in [-0.2, -0.15) is 0 Å². The van der Waals surface area contributed by atoms with E-state index in [-0.39, 0.29) is 0 Å². The van der Waals surface area contributed by atoms with Gasteiger partial charge in [0.05, 0.1) is 0 Å². The molecule has 19 heavy (non-hydrogen) atoms. The molecule has 1 unspecified atom stereocenters. The van der Waals surface area contributed by atoms with Crippen molar-refractivity contribution in [2.45, 2.75) is 19.6 Å². The molecule has 2 nitrogen and oxygen atoms in total. The van der Waals surface area contributed by atoms with Crippen LogP contribution in [0.5, 0.6) is 0 Å². The lowest BCUT2D eigenvalue weighted by molar-refractivity contribution is 0.219. The van der Waals surface area contributed by atoms with Gasteiger partial charge in [0.25, 0.3) is 0 Å². The van der Waals surface area contributed by atoms with Crippen molar-refractivity contribution in [1.82, 2.24) is 4.90 Å². The molecule has 1 atom stereocenters. The molecule has 0 saturated heterocycles. The number of hydrogen-bond donors (Lipinski definition) is 1. The van der Waals surface area contributed by atoms with Crippen molar-refractivity contribution in [2.75, 3.05) is 14.1 Å². The lowest BCUT2D eigenvalue weighted by Crippen LogP contribution is -2.13. The van der Waals surface area contributed by atoms with Crippen LogP contribution in [0.2, 0.25) is 0 Å². The van der Waals surface area contributed by atoms with Gasteiger partial charge in [-0.3, -0.25) is 0 Å². The Labute approximate surface area is 115 Å². The van der Waals surface area contributed by atoms with Gasteiger partial charge in [-0.15, -0.1) is 0 Å². The number of nitrogens with zero attached hydrogens (tertiary/aromatic N) is 1. The second-order valence-corrected chi connectivity index (χ2v) is 5.18. The lowest BCUT2D eigenvalue weighted by Gasteiger charge is -2.18.